The van der Waals surface area contributed by atoms with Gasteiger partial charge in [0.15, 0.2) is 0 Å². The summed E-state index contributed by atoms with van der Waals surface area (Å²) >= 11 is 6.18. The van der Waals surface area contributed by atoms with Gasteiger partial charge in [-0.25, -0.2) is 0 Å². The molecule has 0 spiro atoms. The first kappa shape index (κ1) is 12.7. The third kappa shape index (κ3) is 3.35. The summed E-state index contributed by atoms with van der Waals surface area (Å²) in [5.74, 6) is 0. The van der Waals surface area contributed by atoms with Crippen molar-refractivity contribution in [2.24, 2.45) is 0 Å². The lowest BCUT2D eigenvalue weighted by atomic mass is 10.1. The van der Waals surface area contributed by atoms with Crippen LogP contribution in [0.3, 0.4) is 0 Å². The van der Waals surface area contributed by atoms with Crippen LogP contribution in [0.4, 0.5) is 5.69 Å². The van der Waals surface area contributed by atoms with Crippen LogP contribution >= 0.6 is 11.6 Å². The Labute approximate surface area is 107 Å². The van der Waals surface area contributed by atoms with Crippen LogP contribution in [0.2, 0.25) is 5.02 Å². The molecule has 0 amide bonds. The molecule has 1 aliphatic heterocycles. The molecule has 1 fully saturated rings. The first-order valence-electron chi connectivity index (χ1n) is 6.07. The number of rotatable bonds is 3. The van der Waals surface area contributed by atoms with Gasteiger partial charge in [-0.05, 0) is 24.1 Å². The third-order valence-electron chi connectivity index (χ3n) is 3.15. The Bertz CT molecular complexity index is 384. The van der Waals surface area contributed by atoms with E-state index >= 15 is 0 Å². The molecule has 1 aromatic carbocycles. The number of nitrogen functional groups attached to an aromatic ring is 1. The standard InChI is InChI=1S/C13H19ClN2O/c1-2-12-9-16(5-6-17-12)8-10-3-4-11(15)7-13(10)14/h3-4,7,12H,2,5-6,8-9,15H2,1H3. The van der Waals surface area contributed by atoms with Crippen LogP contribution in [-0.2, 0) is 11.3 Å². The molecule has 94 valence electrons. The molecule has 1 unspecified atom stereocenters. The molecule has 4 heteroatoms. The summed E-state index contributed by atoms with van der Waals surface area (Å²) in [5, 5.41) is 0.754. The number of hydrogen-bond donors (Lipinski definition) is 1. The number of nitrogens with two attached hydrogens (primary N) is 1. The third-order valence-corrected chi connectivity index (χ3v) is 3.50. The number of benzene rings is 1. The van der Waals surface area contributed by atoms with Gasteiger partial charge < -0.3 is 10.5 Å². The summed E-state index contributed by atoms with van der Waals surface area (Å²) < 4.78 is 5.65. The number of halogens is 1. The molecule has 2 rings (SSSR count). The molecule has 0 aliphatic carbocycles. The van der Waals surface area contributed by atoms with E-state index < -0.39 is 0 Å². The second kappa shape index (κ2) is 5.71. The Morgan fingerprint density at radius 3 is 3.06 bits per heavy atom. The van der Waals surface area contributed by atoms with E-state index in [0.29, 0.717) is 11.8 Å². The lowest BCUT2D eigenvalue weighted by molar-refractivity contribution is -0.0324. The molecule has 2 N–H and O–H groups in total. The van der Waals surface area contributed by atoms with Crippen LogP contribution in [-0.4, -0.2) is 30.7 Å². The van der Waals surface area contributed by atoms with Crippen molar-refractivity contribution < 1.29 is 4.74 Å². The molecule has 1 aromatic rings. The highest BCUT2D eigenvalue weighted by Gasteiger charge is 2.19. The van der Waals surface area contributed by atoms with E-state index in [2.05, 4.69) is 11.8 Å². The topological polar surface area (TPSA) is 38.5 Å². The highest BCUT2D eigenvalue weighted by atomic mass is 35.5. The predicted molar refractivity (Wildman–Crippen MR) is 71.2 cm³/mol. The van der Waals surface area contributed by atoms with E-state index in [4.69, 9.17) is 22.1 Å². The summed E-state index contributed by atoms with van der Waals surface area (Å²) in [6, 6.07) is 5.72. The number of nitrogens with zero attached hydrogens (tertiary/aromatic N) is 1. The van der Waals surface area contributed by atoms with Crippen molar-refractivity contribution in [3.8, 4) is 0 Å². The van der Waals surface area contributed by atoms with Crippen LogP contribution in [0.5, 0.6) is 0 Å². The number of ether oxygens (including phenoxy) is 1. The van der Waals surface area contributed by atoms with E-state index in [1.807, 2.05) is 18.2 Å². The maximum atomic E-state index is 6.18. The molecule has 17 heavy (non-hydrogen) atoms. The maximum Gasteiger partial charge on any atom is 0.0700 e. The van der Waals surface area contributed by atoms with Crippen molar-refractivity contribution in [3.05, 3.63) is 28.8 Å². The van der Waals surface area contributed by atoms with Gasteiger partial charge in [-0.1, -0.05) is 24.6 Å². The van der Waals surface area contributed by atoms with E-state index in [1.54, 1.807) is 0 Å². The Morgan fingerprint density at radius 1 is 1.53 bits per heavy atom. The van der Waals surface area contributed by atoms with Gasteiger partial charge in [-0.2, -0.15) is 0 Å². The number of hydrogen-bond acceptors (Lipinski definition) is 3. The van der Waals surface area contributed by atoms with Crippen molar-refractivity contribution >= 4 is 17.3 Å². The van der Waals surface area contributed by atoms with Gasteiger partial charge in [0, 0.05) is 30.3 Å². The summed E-state index contributed by atoms with van der Waals surface area (Å²) in [7, 11) is 0. The second-order valence-electron chi connectivity index (χ2n) is 4.49. The molecule has 0 bridgehead atoms. The fourth-order valence-corrected chi connectivity index (χ4v) is 2.35. The van der Waals surface area contributed by atoms with Crippen molar-refractivity contribution in [2.45, 2.75) is 26.0 Å². The molecular formula is C13H19ClN2O. The van der Waals surface area contributed by atoms with Gasteiger partial charge in [0.05, 0.1) is 12.7 Å². The largest absolute Gasteiger partial charge is 0.399 e. The highest BCUT2D eigenvalue weighted by molar-refractivity contribution is 6.31. The molecule has 3 nitrogen and oxygen atoms in total. The fraction of sp³-hybridized carbons (Fsp3) is 0.538. The van der Waals surface area contributed by atoms with Crippen molar-refractivity contribution in [2.75, 3.05) is 25.4 Å². The minimum atomic E-state index is 0.358. The Balaban J connectivity index is 2.00. The van der Waals surface area contributed by atoms with Gasteiger partial charge in [0.1, 0.15) is 0 Å². The van der Waals surface area contributed by atoms with Gasteiger partial charge in [-0.15, -0.1) is 0 Å². The molecular weight excluding hydrogens is 236 g/mol. The lowest BCUT2D eigenvalue weighted by Gasteiger charge is -2.32. The van der Waals surface area contributed by atoms with E-state index in [9.17, 15) is 0 Å². The Morgan fingerprint density at radius 2 is 2.35 bits per heavy atom. The minimum absolute atomic E-state index is 0.358. The van der Waals surface area contributed by atoms with Crippen molar-refractivity contribution in [3.63, 3.8) is 0 Å². The quantitative estimate of drug-likeness (QED) is 0.843. The summed E-state index contributed by atoms with van der Waals surface area (Å²) in [4.78, 5) is 2.38. The number of morpholine rings is 1. The SMILES string of the molecule is CCC1CN(Cc2ccc(N)cc2Cl)CCO1. The monoisotopic (exact) mass is 254 g/mol. The van der Waals surface area contributed by atoms with Gasteiger partial charge in [0.25, 0.3) is 0 Å². The van der Waals surface area contributed by atoms with E-state index in [1.165, 1.54) is 0 Å². The zero-order chi connectivity index (χ0) is 12.3. The zero-order valence-electron chi connectivity index (χ0n) is 10.2. The molecule has 1 atom stereocenters. The van der Waals surface area contributed by atoms with Crippen LogP contribution in [0.25, 0.3) is 0 Å². The van der Waals surface area contributed by atoms with E-state index in [-0.39, 0.29) is 0 Å². The molecule has 1 aliphatic rings. The van der Waals surface area contributed by atoms with Crippen LogP contribution < -0.4 is 5.73 Å². The first-order chi connectivity index (χ1) is 8.19. The minimum Gasteiger partial charge on any atom is -0.399 e. The van der Waals surface area contributed by atoms with Crippen LogP contribution in [0.1, 0.15) is 18.9 Å². The number of anilines is 1. The summed E-state index contributed by atoms with van der Waals surface area (Å²) in [5.41, 5.74) is 7.54. The fourth-order valence-electron chi connectivity index (χ4n) is 2.10. The smallest absolute Gasteiger partial charge is 0.0700 e. The van der Waals surface area contributed by atoms with Gasteiger partial charge >= 0.3 is 0 Å². The van der Waals surface area contributed by atoms with Gasteiger partial charge in [0.2, 0.25) is 0 Å². The van der Waals surface area contributed by atoms with Crippen LogP contribution in [0, 0.1) is 0 Å². The zero-order valence-corrected chi connectivity index (χ0v) is 10.9. The van der Waals surface area contributed by atoms with Crippen LogP contribution in [0.15, 0.2) is 18.2 Å². The normalized spacial score (nSPS) is 21.6. The highest BCUT2D eigenvalue weighted by Crippen LogP contribution is 2.21. The van der Waals surface area contributed by atoms with Gasteiger partial charge in [-0.3, -0.25) is 4.90 Å². The average molecular weight is 255 g/mol. The Hall–Kier alpha value is -0.770. The molecule has 0 saturated carbocycles. The van der Waals surface area contributed by atoms with Crippen molar-refractivity contribution in [1.29, 1.82) is 0 Å². The van der Waals surface area contributed by atoms with E-state index in [0.717, 1.165) is 43.2 Å². The first-order valence-corrected chi connectivity index (χ1v) is 6.44. The summed E-state index contributed by atoms with van der Waals surface area (Å²) in [6.07, 6.45) is 1.42. The molecule has 0 radical (unpaired) electrons. The maximum absolute atomic E-state index is 6.18. The van der Waals surface area contributed by atoms with Crippen molar-refractivity contribution in [1.82, 2.24) is 4.90 Å². The lowest BCUT2D eigenvalue weighted by Crippen LogP contribution is -2.41. The molecule has 0 aromatic heterocycles. The summed E-state index contributed by atoms with van der Waals surface area (Å²) in [6.45, 7) is 5.79. The predicted octanol–water partition coefficient (Wildman–Crippen LogP) is 2.53. The Kier molecular flexibility index (Phi) is 4.26. The second-order valence-corrected chi connectivity index (χ2v) is 4.89. The molecule has 1 saturated heterocycles. The molecule has 1 heterocycles. The average Bonchev–Trinajstić information content (AvgIpc) is 2.33.